The van der Waals surface area contributed by atoms with Crippen LogP contribution in [0.15, 0.2) is 48.5 Å². The molecule has 0 aromatic heterocycles. The number of hydrogen-bond acceptors (Lipinski definition) is 2. The van der Waals surface area contributed by atoms with E-state index in [1.54, 1.807) is 12.1 Å². The van der Waals surface area contributed by atoms with Gasteiger partial charge in [-0.05, 0) is 42.0 Å². The Morgan fingerprint density at radius 1 is 0.895 bits per heavy atom. The molecular formula is C16H12O3. The highest BCUT2D eigenvalue weighted by molar-refractivity contribution is 5.87. The van der Waals surface area contributed by atoms with E-state index in [0.717, 1.165) is 16.7 Å². The van der Waals surface area contributed by atoms with Crippen LogP contribution in [0.2, 0.25) is 0 Å². The zero-order chi connectivity index (χ0) is 13.7. The van der Waals surface area contributed by atoms with Crippen LogP contribution in [0.25, 0.3) is 0 Å². The van der Waals surface area contributed by atoms with Crippen LogP contribution in [-0.4, -0.2) is 16.2 Å². The first-order valence-electron chi connectivity index (χ1n) is 5.74. The Labute approximate surface area is 111 Å². The summed E-state index contributed by atoms with van der Waals surface area (Å²) in [6.45, 7) is 0.0182. The van der Waals surface area contributed by atoms with Crippen LogP contribution in [0.3, 0.4) is 0 Å². The van der Waals surface area contributed by atoms with Gasteiger partial charge in [0.15, 0.2) is 0 Å². The topological polar surface area (TPSA) is 57.5 Å². The van der Waals surface area contributed by atoms with Crippen molar-refractivity contribution in [3.63, 3.8) is 0 Å². The predicted octanol–water partition coefficient (Wildman–Crippen LogP) is 2.28. The summed E-state index contributed by atoms with van der Waals surface area (Å²) < 4.78 is 0. The molecule has 0 aliphatic heterocycles. The van der Waals surface area contributed by atoms with Crippen LogP contribution in [0, 0.1) is 11.8 Å². The van der Waals surface area contributed by atoms with Crippen LogP contribution in [-0.2, 0) is 6.61 Å². The minimum absolute atomic E-state index is 0.0182. The van der Waals surface area contributed by atoms with Gasteiger partial charge in [-0.3, -0.25) is 0 Å². The van der Waals surface area contributed by atoms with Gasteiger partial charge in [-0.1, -0.05) is 24.0 Å². The SMILES string of the molecule is O=C(O)c1ccc(C#Cc2ccc(CO)cc2)cc1. The van der Waals surface area contributed by atoms with E-state index in [0.29, 0.717) is 0 Å². The minimum atomic E-state index is -0.945. The Balaban J connectivity index is 2.16. The van der Waals surface area contributed by atoms with Crippen molar-refractivity contribution in [2.24, 2.45) is 0 Å². The molecule has 3 nitrogen and oxygen atoms in total. The van der Waals surface area contributed by atoms with Gasteiger partial charge in [0.1, 0.15) is 0 Å². The molecule has 94 valence electrons. The van der Waals surface area contributed by atoms with Gasteiger partial charge in [-0.25, -0.2) is 4.79 Å². The lowest BCUT2D eigenvalue weighted by Gasteiger charge is -1.95. The van der Waals surface area contributed by atoms with Gasteiger partial charge in [0.2, 0.25) is 0 Å². The van der Waals surface area contributed by atoms with E-state index in [1.165, 1.54) is 12.1 Å². The van der Waals surface area contributed by atoms with Gasteiger partial charge in [0.25, 0.3) is 0 Å². The fourth-order valence-corrected chi connectivity index (χ4v) is 1.53. The van der Waals surface area contributed by atoms with Crippen LogP contribution >= 0.6 is 0 Å². The maximum absolute atomic E-state index is 10.7. The Hall–Kier alpha value is -2.57. The second-order valence-electron chi connectivity index (χ2n) is 3.99. The van der Waals surface area contributed by atoms with E-state index in [-0.39, 0.29) is 12.2 Å². The van der Waals surface area contributed by atoms with E-state index in [9.17, 15) is 4.79 Å². The number of aliphatic hydroxyl groups excluding tert-OH is 1. The quantitative estimate of drug-likeness (QED) is 0.806. The molecule has 0 aliphatic carbocycles. The molecule has 0 saturated carbocycles. The number of benzene rings is 2. The lowest BCUT2D eigenvalue weighted by molar-refractivity contribution is 0.0697. The van der Waals surface area contributed by atoms with Crippen molar-refractivity contribution in [1.82, 2.24) is 0 Å². The molecule has 0 atom stereocenters. The third kappa shape index (κ3) is 3.44. The summed E-state index contributed by atoms with van der Waals surface area (Å²) in [7, 11) is 0. The molecule has 0 heterocycles. The fraction of sp³-hybridized carbons (Fsp3) is 0.0625. The number of aliphatic hydroxyl groups is 1. The Kier molecular flexibility index (Phi) is 3.97. The van der Waals surface area contributed by atoms with Crippen LogP contribution in [0.4, 0.5) is 0 Å². The molecule has 19 heavy (non-hydrogen) atoms. The maximum atomic E-state index is 10.7. The van der Waals surface area contributed by atoms with Crippen LogP contribution in [0.1, 0.15) is 27.0 Å². The Bertz CT molecular complexity index is 628. The molecule has 0 radical (unpaired) electrons. The average Bonchev–Trinajstić information content (AvgIpc) is 2.46. The molecule has 0 aliphatic rings. The van der Waals surface area contributed by atoms with Gasteiger partial charge in [-0.2, -0.15) is 0 Å². The third-order valence-corrected chi connectivity index (χ3v) is 2.62. The lowest BCUT2D eigenvalue weighted by atomic mass is 10.1. The molecule has 3 heteroatoms. The van der Waals surface area contributed by atoms with Crippen molar-refractivity contribution in [2.45, 2.75) is 6.61 Å². The predicted molar refractivity (Wildman–Crippen MR) is 71.7 cm³/mol. The molecule has 2 rings (SSSR count). The minimum Gasteiger partial charge on any atom is -0.478 e. The highest BCUT2D eigenvalue weighted by Gasteiger charge is 1.99. The first-order chi connectivity index (χ1) is 9.19. The molecule has 2 aromatic rings. The van der Waals surface area contributed by atoms with Crippen molar-refractivity contribution in [3.05, 3.63) is 70.8 Å². The summed E-state index contributed by atoms with van der Waals surface area (Å²) in [5, 5.41) is 17.7. The van der Waals surface area contributed by atoms with Crippen LogP contribution < -0.4 is 0 Å². The van der Waals surface area contributed by atoms with Crippen LogP contribution in [0.5, 0.6) is 0 Å². The summed E-state index contributed by atoms with van der Waals surface area (Å²) in [6, 6.07) is 13.7. The number of carbonyl (C=O) groups is 1. The van der Waals surface area contributed by atoms with Gasteiger partial charge < -0.3 is 10.2 Å². The van der Waals surface area contributed by atoms with Crippen molar-refractivity contribution in [1.29, 1.82) is 0 Å². The average molecular weight is 252 g/mol. The van der Waals surface area contributed by atoms with Crippen molar-refractivity contribution < 1.29 is 15.0 Å². The highest BCUT2D eigenvalue weighted by Crippen LogP contribution is 2.05. The lowest BCUT2D eigenvalue weighted by Crippen LogP contribution is -1.94. The number of aromatic carboxylic acids is 1. The molecule has 0 amide bonds. The fourth-order valence-electron chi connectivity index (χ4n) is 1.53. The smallest absolute Gasteiger partial charge is 0.335 e. The summed E-state index contributed by atoms with van der Waals surface area (Å²) in [4.78, 5) is 10.7. The number of carboxylic acid groups (broad SMARTS) is 1. The van der Waals surface area contributed by atoms with E-state index < -0.39 is 5.97 Å². The third-order valence-electron chi connectivity index (χ3n) is 2.62. The number of rotatable bonds is 2. The summed E-state index contributed by atoms with van der Waals surface area (Å²) in [5.41, 5.74) is 2.70. The molecule has 2 N–H and O–H groups in total. The number of carboxylic acids is 1. The van der Waals surface area contributed by atoms with Crippen molar-refractivity contribution in [3.8, 4) is 11.8 Å². The summed E-state index contributed by atoms with van der Waals surface area (Å²) >= 11 is 0. The van der Waals surface area contributed by atoms with Gasteiger partial charge in [0.05, 0.1) is 12.2 Å². The molecule has 2 aromatic carbocycles. The number of hydrogen-bond donors (Lipinski definition) is 2. The van der Waals surface area contributed by atoms with Crippen molar-refractivity contribution >= 4 is 5.97 Å². The second kappa shape index (κ2) is 5.85. The molecule has 0 fully saturated rings. The standard InChI is InChI=1S/C16H12O3/c17-11-14-5-3-12(4-6-14)1-2-13-7-9-15(10-8-13)16(18)19/h3-10,17H,11H2,(H,18,19). The zero-order valence-electron chi connectivity index (χ0n) is 10.1. The Morgan fingerprint density at radius 3 is 1.79 bits per heavy atom. The molecule has 0 saturated heterocycles. The first kappa shape index (κ1) is 12.9. The molecular weight excluding hydrogens is 240 g/mol. The zero-order valence-corrected chi connectivity index (χ0v) is 10.1. The van der Waals surface area contributed by atoms with Gasteiger partial charge in [0, 0.05) is 11.1 Å². The summed E-state index contributed by atoms with van der Waals surface area (Å²) in [5.74, 6) is 5.00. The summed E-state index contributed by atoms with van der Waals surface area (Å²) in [6.07, 6.45) is 0. The molecule has 0 spiro atoms. The normalized spacial score (nSPS) is 9.53. The monoisotopic (exact) mass is 252 g/mol. The molecule has 0 unspecified atom stereocenters. The highest BCUT2D eigenvalue weighted by atomic mass is 16.4. The van der Waals surface area contributed by atoms with Gasteiger partial charge in [-0.15, -0.1) is 0 Å². The van der Waals surface area contributed by atoms with Gasteiger partial charge >= 0.3 is 5.97 Å². The largest absolute Gasteiger partial charge is 0.478 e. The maximum Gasteiger partial charge on any atom is 0.335 e. The molecule has 0 bridgehead atoms. The first-order valence-corrected chi connectivity index (χ1v) is 5.74. The van der Waals surface area contributed by atoms with E-state index in [4.69, 9.17) is 10.2 Å². The second-order valence-corrected chi connectivity index (χ2v) is 3.99. The van der Waals surface area contributed by atoms with Crippen molar-refractivity contribution in [2.75, 3.05) is 0 Å². The van der Waals surface area contributed by atoms with E-state index >= 15 is 0 Å². The van der Waals surface area contributed by atoms with E-state index in [1.807, 2.05) is 24.3 Å². The van der Waals surface area contributed by atoms with E-state index in [2.05, 4.69) is 11.8 Å². The Morgan fingerprint density at radius 2 is 1.37 bits per heavy atom.